The summed E-state index contributed by atoms with van der Waals surface area (Å²) < 4.78 is 69.9. The molecule has 3 aromatic rings. The maximum atomic E-state index is 12.9. The molecule has 2 heterocycles. The van der Waals surface area contributed by atoms with Crippen LogP contribution in [0.2, 0.25) is 0 Å². The van der Waals surface area contributed by atoms with Crippen LogP contribution in [0, 0.1) is 0 Å². The van der Waals surface area contributed by atoms with Gasteiger partial charge in [0.25, 0.3) is 0 Å². The van der Waals surface area contributed by atoms with Crippen molar-refractivity contribution in [3.63, 3.8) is 0 Å². The number of anilines is 1. The molecular weight excluding hydrogens is 433 g/mol. The van der Waals surface area contributed by atoms with Crippen molar-refractivity contribution in [2.24, 2.45) is 0 Å². The summed E-state index contributed by atoms with van der Waals surface area (Å²) in [5.41, 5.74) is 1.18. The van der Waals surface area contributed by atoms with Gasteiger partial charge in [0.05, 0.1) is 17.0 Å². The van der Waals surface area contributed by atoms with Crippen LogP contribution in [0.25, 0.3) is 11.4 Å². The summed E-state index contributed by atoms with van der Waals surface area (Å²) in [5.74, 6) is 0.332. The van der Waals surface area contributed by atoms with E-state index in [1.807, 2.05) is 4.90 Å². The molecule has 31 heavy (non-hydrogen) atoms. The number of nitrogens with zero attached hydrogens (tertiary/aromatic N) is 4. The number of rotatable bonds is 5. The lowest BCUT2D eigenvalue weighted by molar-refractivity contribution is -0.137. The second kappa shape index (κ2) is 7.65. The smallest absolute Gasteiger partial charge is 0.362 e. The summed E-state index contributed by atoms with van der Waals surface area (Å²) in [7, 11) is -0.565. The molecule has 164 valence electrons. The first-order valence-electron chi connectivity index (χ1n) is 9.36. The van der Waals surface area contributed by atoms with Gasteiger partial charge in [-0.1, -0.05) is 17.3 Å². The Kier molecular flexibility index (Phi) is 5.26. The largest absolute Gasteiger partial charge is 0.416 e. The van der Waals surface area contributed by atoms with Gasteiger partial charge in [0.1, 0.15) is 0 Å². The van der Waals surface area contributed by atoms with Gasteiger partial charge in [0.2, 0.25) is 21.7 Å². The van der Waals surface area contributed by atoms with E-state index in [1.165, 1.54) is 26.2 Å². The van der Waals surface area contributed by atoms with Gasteiger partial charge in [-0.3, -0.25) is 0 Å². The standard InChI is InChI=1S/C20H19F3N4O3S/c1-26(2)31(28,29)16-6-7-17-13(11-16)8-9-27(17)12-18-24-19(25-30-18)14-4-3-5-15(10-14)20(21,22)23/h3-7,10-11H,8-9,12H2,1-2H3. The third-order valence-corrected chi connectivity index (χ3v) is 6.87. The molecule has 0 atom stereocenters. The van der Waals surface area contributed by atoms with Gasteiger partial charge in [-0.15, -0.1) is 0 Å². The Morgan fingerprint density at radius 2 is 1.94 bits per heavy atom. The van der Waals surface area contributed by atoms with Crippen molar-refractivity contribution in [3.8, 4) is 11.4 Å². The van der Waals surface area contributed by atoms with Crippen molar-refractivity contribution in [3.05, 3.63) is 59.5 Å². The third-order valence-electron chi connectivity index (χ3n) is 5.06. The van der Waals surface area contributed by atoms with Crippen molar-refractivity contribution in [2.75, 3.05) is 25.5 Å². The van der Waals surface area contributed by atoms with Crippen molar-refractivity contribution < 1.29 is 26.1 Å². The molecule has 0 aliphatic carbocycles. The van der Waals surface area contributed by atoms with Crippen molar-refractivity contribution in [1.82, 2.24) is 14.4 Å². The molecule has 1 aliphatic rings. The first-order valence-corrected chi connectivity index (χ1v) is 10.8. The average molecular weight is 452 g/mol. The second-order valence-corrected chi connectivity index (χ2v) is 9.49. The first kappa shape index (κ1) is 21.3. The first-order chi connectivity index (χ1) is 14.6. The zero-order valence-electron chi connectivity index (χ0n) is 16.7. The minimum absolute atomic E-state index is 0.0768. The van der Waals surface area contributed by atoms with Gasteiger partial charge in [0.15, 0.2) is 0 Å². The Balaban J connectivity index is 1.54. The van der Waals surface area contributed by atoms with E-state index >= 15 is 0 Å². The topological polar surface area (TPSA) is 79.5 Å². The maximum Gasteiger partial charge on any atom is 0.416 e. The number of sulfonamides is 1. The lowest BCUT2D eigenvalue weighted by Gasteiger charge is -2.17. The third kappa shape index (κ3) is 4.15. The van der Waals surface area contributed by atoms with Gasteiger partial charge in [-0.2, -0.15) is 18.2 Å². The minimum atomic E-state index is -4.46. The number of alkyl halides is 3. The number of aromatic nitrogens is 2. The SMILES string of the molecule is CN(C)S(=O)(=O)c1ccc2c(c1)CCN2Cc1nc(-c2cccc(C(F)(F)F)c2)no1. The number of hydrogen-bond acceptors (Lipinski definition) is 6. The lowest BCUT2D eigenvalue weighted by Crippen LogP contribution is -2.22. The molecule has 4 rings (SSSR count). The molecule has 11 heteroatoms. The molecule has 0 saturated heterocycles. The Morgan fingerprint density at radius 3 is 2.65 bits per heavy atom. The van der Waals surface area contributed by atoms with Crippen LogP contribution in [0.4, 0.5) is 18.9 Å². The summed E-state index contributed by atoms with van der Waals surface area (Å²) in [6.07, 6.45) is -3.80. The molecule has 0 radical (unpaired) electrons. The Bertz CT molecular complexity index is 1220. The van der Waals surface area contributed by atoms with Crippen LogP contribution in [0.15, 0.2) is 51.9 Å². The highest BCUT2D eigenvalue weighted by Gasteiger charge is 2.31. The zero-order valence-corrected chi connectivity index (χ0v) is 17.5. The van der Waals surface area contributed by atoms with Crippen molar-refractivity contribution >= 4 is 15.7 Å². The van der Waals surface area contributed by atoms with Crippen LogP contribution in [0.1, 0.15) is 17.0 Å². The average Bonchev–Trinajstić information content (AvgIpc) is 3.34. The zero-order chi connectivity index (χ0) is 22.4. The number of benzene rings is 2. The van der Waals surface area contributed by atoms with Crippen LogP contribution in [0.5, 0.6) is 0 Å². The monoisotopic (exact) mass is 452 g/mol. The van der Waals surface area contributed by atoms with Crippen LogP contribution < -0.4 is 4.90 Å². The van der Waals surface area contributed by atoms with Gasteiger partial charge >= 0.3 is 6.18 Å². The maximum absolute atomic E-state index is 12.9. The number of fused-ring (bicyclic) bond motifs is 1. The van der Waals surface area contributed by atoms with Crippen molar-refractivity contribution in [2.45, 2.75) is 24.0 Å². The summed E-state index contributed by atoms with van der Waals surface area (Å²) in [4.78, 5) is 6.42. The van der Waals surface area contributed by atoms with Crippen LogP contribution in [-0.4, -0.2) is 43.5 Å². The Morgan fingerprint density at radius 1 is 1.16 bits per heavy atom. The molecular formula is C20H19F3N4O3S. The van der Waals surface area contributed by atoms with E-state index in [4.69, 9.17) is 4.52 Å². The fourth-order valence-electron chi connectivity index (χ4n) is 3.42. The van der Waals surface area contributed by atoms with E-state index in [0.29, 0.717) is 13.0 Å². The fraction of sp³-hybridized carbons (Fsp3) is 0.300. The van der Waals surface area contributed by atoms with E-state index in [9.17, 15) is 21.6 Å². The summed E-state index contributed by atoms with van der Waals surface area (Å²) in [6.45, 7) is 0.890. The molecule has 0 unspecified atom stereocenters. The molecule has 0 saturated carbocycles. The number of hydrogen-bond donors (Lipinski definition) is 0. The summed E-state index contributed by atoms with van der Waals surface area (Å²) >= 11 is 0. The lowest BCUT2D eigenvalue weighted by atomic mass is 10.1. The van der Waals surface area contributed by atoms with Crippen LogP contribution in [0.3, 0.4) is 0 Å². The van der Waals surface area contributed by atoms with Crippen LogP contribution in [-0.2, 0) is 29.2 Å². The molecule has 1 aromatic heterocycles. The summed E-state index contributed by atoms with van der Waals surface area (Å²) in [5, 5.41) is 3.81. The Labute approximate surface area is 177 Å². The highest BCUT2D eigenvalue weighted by atomic mass is 32.2. The number of halogens is 3. The fourth-order valence-corrected chi connectivity index (χ4v) is 4.37. The second-order valence-electron chi connectivity index (χ2n) is 7.34. The highest BCUT2D eigenvalue weighted by molar-refractivity contribution is 7.89. The Hall–Kier alpha value is -2.92. The molecule has 0 fully saturated rings. The molecule has 0 amide bonds. The van der Waals surface area contributed by atoms with Crippen LogP contribution >= 0.6 is 0 Å². The normalized spacial score (nSPS) is 14.3. The summed E-state index contributed by atoms with van der Waals surface area (Å²) in [6, 6.07) is 9.69. The van der Waals surface area contributed by atoms with Gasteiger partial charge in [-0.05, 0) is 42.3 Å². The molecule has 2 aromatic carbocycles. The predicted octanol–water partition coefficient (Wildman–Crippen LogP) is 3.57. The van der Waals surface area contributed by atoms with E-state index in [0.717, 1.165) is 27.7 Å². The van der Waals surface area contributed by atoms with Gasteiger partial charge in [-0.25, -0.2) is 12.7 Å². The van der Waals surface area contributed by atoms with Gasteiger partial charge < -0.3 is 9.42 Å². The van der Waals surface area contributed by atoms with E-state index in [-0.39, 0.29) is 28.7 Å². The van der Waals surface area contributed by atoms with Crippen molar-refractivity contribution in [1.29, 1.82) is 0 Å². The van der Waals surface area contributed by atoms with E-state index < -0.39 is 21.8 Å². The quantitative estimate of drug-likeness (QED) is 0.589. The molecule has 7 nitrogen and oxygen atoms in total. The molecule has 1 aliphatic heterocycles. The highest BCUT2D eigenvalue weighted by Crippen LogP contribution is 2.33. The van der Waals surface area contributed by atoms with Gasteiger partial charge in [0, 0.05) is 31.9 Å². The molecule has 0 bridgehead atoms. The van der Waals surface area contributed by atoms with E-state index in [2.05, 4.69) is 10.1 Å². The minimum Gasteiger partial charge on any atom is -0.362 e. The van der Waals surface area contributed by atoms with E-state index in [1.54, 1.807) is 18.2 Å². The molecule has 0 N–H and O–H groups in total. The predicted molar refractivity (Wildman–Crippen MR) is 107 cm³/mol. The molecule has 0 spiro atoms.